The summed E-state index contributed by atoms with van der Waals surface area (Å²) in [5.74, 6) is 0.880. The Bertz CT molecular complexity index is 1100. The summed E-state index contributed by atoms with van der Waals surface area (Å²) in [4.78, 5) is 24.0. The molecule has 3 aromatic heterocycles. The average molecular weight is 421 g/mol. The van der Waals surface area contributed by atoms with Gasteiger partial charge in [0.15, 0.2) is 5.82 Å². The zero-order valence-electron chi connectivity index (χ0n) is 16.0. The number of rotatable bonds is 5. The van der Waals surface area contributed by atoms with E-state index < -0.39 is 18.6 Å². The normalized spacial score (nSPS) is 13.3. The molecule has 0 unspecified atom stereocenters. The van der Waals surface area contributed by atoms with Crippen LogP contribution in [0.5, 0.6) is 5.75 Å². The third-order valence-corrected chi connectivity index (χ3v) is 4.49. The molecule has 9 nitrogen and oxygen atoms in total. The van der Waals surface area contributed by atoms with Crippen LogP contribution in [0.25, 0.3) is 22.9 Å². The van der Waals surface area contributed by atoms with Crippen LogP contribution in [0.15, 0.2) is 18.5 Å². The molecule has 0 aliphatic carbocycles. The third-order valence-electron chi connectivity index (χ3n) is 4.49. The number of amides is 1. The lowest BCUT2D eigenvalue weighted by Crippen LogP contribution is -2.19. The number of hydrogen-bond acceptors (Lipinski definition) is 6. The number of aromatic nitrogens is 6. The molecule has 0 fully saturated rings. The maximum atomic E-state index is 12.9. The zero-order valence-corrected chi connectivity index (χ0v) is 16.0. The largest absolute Gasteiger partial charge is 0.491 e. The van der Waals surface area contributed by atoms with Gasteiger partial charge in [-0.15, -0.1) is 0 Å². The predicted octanol–water partition coefficient (Wildman–Crippen LogP) is 1.88. The topological polar surface area (TPSA) is 114 Å². The van der Waals surface area contributed by atoms with Crippen molar-refractivity contribution in [3.63, 3.8) is 0 Å². The molecule has 0 atom stereocenters. The van der Waals surface area contributed by atoms with Crippen molar-refractivity contribution in [1.29, 1.82) is 0 Å². The summed E-state index contributed by atoms with van der Waals surface area (Å²) in [6, 6.07) is 1.72. The molecule has 1 aliphatic rings. The van der Waals surface area contributed by atoms with Crippen molar-refractivity contribution in [2.24, 2.45) is 5.73 Å². The first-order valence-electron chi connectivity index (χ1n) is 9.16. The molecule has 0 saturated carbocycles. The van der Waals surface area contributed by atoms with Crippen LogP contribution in [-0.4, -0.2) is 48.0 Å². The molecule has 0 bridgehead atoms. The number of fused-ring (bicyclic) bond motifs is 3. The van der Waals surface area contributed by atoms with Gasteiger partial charge in [-0.1, -0.05) is 0 Å². The molecule has 158 valence electrons. The molecule has 0 aromatic carbocycles. The van der Waals surface area contributed by atoms with Gasteiger partial charge in [-0.3, -0.25) is 9.78 Å². The number of ether oxygens (including phenoxy) is 1. The number of pyridine rings is 1. The van der Waals surface area contributed by atoms with Crippen molar-refractivity contribution < 1.29 is 22.7 Å². The van der Waals surface area contributed by atoms with Gasteiger partial charge in [-0.2, -0.15) is 18.3 Å². The highest BCUT2D eigenvalue weighted by Gasteiger charge is 2.31. The molecule has 0 spiro atoms. The standard InChI is InChI=1S/C18H18F3N7O2/c1-10-24-17(28(26-10)9-18(19,20)21)13-8-27-4-5-30-14-6-11(2-3-15(22)29)23-7-12(14)16(27)25-13/h6-8H,2-5,9H2,1H3,(H2,22,29). The Morgan fingerprint density at radius 2 is 2.10 bits per heavy atom. The Morgan fingerprint density at radius 3 is 2.83 bits per heavy atom. The molecule has 0 radical (unpaired) electrons. The molecule has 4 rings (SSSR count). The quantitative estimate of drug-likeness (QED) is 0.673. The summed E-state index contributed by atoms with van der Waals surface area (Å²) >= 11 is 0. The summed E-state index contributed by atoms with van der Waals surface area (Å²) < 4.78 is 47.1. The van der Waals surface area contributed by atoms with Crippen LogP contribution in [-0.2, 0) is 24.3 Å². The number of imidazole rings is 1. The van der Waals surface area contributed by atoms with Gasteiger partial charge in [0.25, 0.3) is 0 Å². The van der Waals surface area contributed by atoms with E-state index in [1.165, 1.54) is 6.92 Å². The fourth-order valence-corrected chi connectivity index (χ4v) is 3.24. The van der Waals surface area contributed by atoms with Gasteiger partial charge in [-0.25, -0.2) is 14.6 Å². The van der Waals surface area contributed by atoms with Gasteiger partial charge in [-0.05, 0) is 13.3 Å². The van der Waals surface area contributed by atoms with E-state index in [0.717, 1.165) is 4.68 Å². The van der Waals surface area contributed by atoms with E-state index in [4.69, 9.17) is 10.5 Å². The fraction of sp³-hybridized carbons (Fsp3) is 0.389. The van der Waals surface area contributed by atoms with Crippen LogP contribution in [0.4, 0.5) is 13.2 Å². The highest BCUT2D eigenvalue weighted by molar-refractivity contribution is 5.74. The van der Waals surface area contributed by atoms with Crippen molar-refractivity contribution in [2.45, 2.75) is 39.0 Å². The number of nitrogens with two attached hydrogens (primary N) is 1. The Labute approximate surface area is 168 Å². The second-order valence-electron chi connectivity index (χ2n) is 6.89. The number of aryl methyl sites for hydroxylation is 2. The zero-order chi connectivity index (χ0) is 21.5. The lowest BCUT2D eigenvalue weighted by atomic mass is 10.1. The number of halogens is 3. The molecule has 12 heteroatoms. The van der Waals surface area contributed by atoms with Gasteiger partial charge in [0, 0.05) is 30.6 Å². The molecule has 2 N–H and O–H groups in total. The van der Waals surface area contributed by atoms with E-state index in [2.05, 4.69) is 20.1 Å². The molecule has 30 heavy (non-hydrogen) atoms. The van der Waals surface area contributed by atoms with E-state index in [0.29, 0.717) is 42.4 Å². The van der Waals surface area contributed by atoms with Gasteiger partial charge in [0.2, 0.25) is 5.91 Å². The Balaban J connectivity index is 1.71. The van der Waals surface area contributed by atoms with Crippen LogP contribution in [0, 0.1) is 6.92 Å². The van der Waals surface area contributed by atoms with E-state index in [-0.39, 0.29) is 23.8 Å². The van der Waals surface area contributed by atoms with Crippen molar-refractivity contribution >= 4 is 5.91 Å². The van der Waals surface area contributed by atoms with Gasteiger partial charge < -0.3 is 15.0 Å². The van der Waals surface area contributed by atoms with Gasteiger partial charge in [0.1, 0.15) is 36.2 Å². The number of nitrogens with zero attached hydrogens (tertiary/aromatic N) is 6. The summed E-state index contributed by atoms with van der Waals surface area (Å²) in [7, 11) is 0. The number of carbonyl (C=O) groups is 1. The smallest absolute Gasteiger partial charge is 0.408 e. The second kappa shape index (κ2) is 7.43. The summed E-state index contributed by atoms with van der Waals surface area (Å²) in [6.07, 6.45) is -0.682. The van der Waals surface area contributed by atoms with Crippen LogP contribution < -0.4 is 10.5 Å². The highest BCUT2D eigenvalue weighted by atomic mass is 19.4. The third kappa shape index (κ3) is 4.11. The minimum atomic E-state index is -4.43. The summed E-state index contributed by atoms with van der Waals surface area (Å²) in [6.45, 7) is 1.05. The van der Waals surface area contributed by atoms with E-state index in [9.17, 15) is 18.0 Å². The maximum Gasteiger partial charge on any atom is 0.408 e. The van der Waals surface area contributed by atoms with Crippen molar-refractivity contribution in [1.82, 2.24) is 29.3 Å². The Morgan fingerprint density at radius 1 is 1.30 bits per heavy atom. The van der Waals surface area contributed by atoms with Crippen LogP contribution in [0.3, 0.4) is 0 Å². The highest BCUT2D eigenvalue weighted by Crippen LogP contribution is 2.34. The minimum Gasteiger partial charge on any atom is -0.491 e. The Hall–Kier alpha value is -3.44. The number of primary amides is 1. The van der Waals surface area contributed by atoms with Crippen molar-refractivity contribution in [3.05, 3.63) is 30.0 Å². The van der Waals surface area contributed by atoms with Crippen LogP contribution in [0.1, 0.15) is 17.9 Å². The van der Waals surface area contributed by atoms with Crippen LogP contribution >= 0.6 is 0 Å². The molecule has 4 heterocycles. The van der Waals surface area contributed by atoms with Crippen molar-refractivity contribution in [2.75, 3.05) is 6.61 Å². The first-order chi connectivity index (χ1) is 14.2. The van der Waals surface area contributed by atoms with E-state index in [1.807, 2.05) is 0 Å². The van der Waals surface area contributed by atoms with Crippen LogP contribution in [0.2, 0.25) is 0 Å². The summed E-state index contributed by atoms with van der Waals surface area (Å²) in [5, 5.41) is 3.85. The second-order valence-corrected chi connectivity index (χ2v) is 6.89. The Kier molecular flexibility index (Phi) is 4.92. The number of alkyl halides is 3. The molecule has 1 aliphatic heterocycles. The average Bonchev–Trinajstić information content (AvgIpc) is 3.17. The lowest BCUT2D eigenvalue weighted by molar-refractivity contribution is -0.142. The first kappa shape index (κ1) is 19.9. The van der Waals surface area contributed by atoms with Gasteiger partial charge >= 0.3 is 6.18 Å². The van der Waals surface area contributed by atoms with Crippen molar-refractivity contribution in [3.8, 4) is 28.7 Å². The summed E-state index contributed by atoms with van der Waals surface area (Å²) in [5.41, 5.74) is 6.70. The molecular weight excluding hydrogens is 403 g/mol. The molecular formula is C18H18F3N7O2. The lowest BCUT2D eigenvalue weighted by Gasteiger charge is -2.08. The van der Waals surface area contributed by atoms with E-state index in [1.54, 1.807) is 23.0 Å². The van der Waals surface area contributed by atoms with Gasteiger partial charge in [0.05, 0.1) is 12.1 Å². The molecule has 3 aromatic rings. The van der Waals surface area contributed by atoms with E-state index >= 15 is 0 Å². The monoisotopic (exact) mass is 421 g/mol. The number of carbonyl (C=O) groups excluding carboxylic acids is 1. The fourth-order valence-electron chi connectivity index (χ4n) is 3.24. The first-order valence-corrected chi connectivity index (χ1v) is 9.16. The molecule has 1 amide bonds. The predicted molar refractivity (Wildman–Crippen MR) is 98.3 cm³/mol. The maximum absolute atomic E-state index is 12.9. The number of hydrogen-bond donors (Lipinski definition) is 1. The minimum absolute atomic E-state index is 0.0407. The SMILES string of the molecule is Cc1nc(-c2cn3c(n2)-c2cnc(CCC(N)=O)cc2OCC3)n(CC(F)(F)F)n1. The molecule has 0 saturated heterocycles.